The summed E-state index contributed by atoms with van der Waals surface area (Å²) in [5.74, 6) is -0.173. The van der Waals surface area contributed by atoms with Crippen LogP contribution in [0, 0.1) is 0 Å². The van der Waals surface area contributed by atoms with Gasteiger partial charge in [0.1, 0.15) is 6.61 Å². The molecule has 0 aromatic carbocycles. The summed E-state index contributed by atoms with van der Waals surface area (Å²) < 4.78 is 5.12. The molecule has 0 unspecified atom stereocenters. The van der Waals surface area contributed by atoms with E-state index >= 15 is 0 Å². The molecule has 18 heavy (non-hydrogen) atoms. The molecule has 0 radical (unpaired) electrons. The minimum atomic E-state index is -0.173. The Bertz CT molecular complexity index is 318. The van der Waals surface area contributed by atoms with Gasteiger partial charge in [0.2, 0.25) is 5.91 Å². The fraction of sp³-hybridized carbons (Fsp3) is 0.667. The number of nitrogens with one attached hydrogen (secondary N) is 2. The van der Waals surface area contributed by atoms with Gasteiger partial charge in [0.05, 0.1) is 6.61 Å². The summed E-state index contributed by atoms with van der Waals surface area (Å²) in [7, 11) is 0. The molecule has 6 heteroatoms. The van der Waals surface area contributed by atoms with Gasteiger partial charge in [-0.2, -0.15) is 0 Å². The maximum atomic E-state index is 11.4. The summed E-state index contributed by atoms with van der Waals surface area (Å²) in [4.78, 5) is 24.4. The van der Waals surface area contributed by atoms with Crippen LogP contribution in [0.1, 0.15) is 13.3 Å². The maximum absolute atomic E-state index is 11.4. The topological polar surface area (TPSA) is 70.7 Å². The Morgan fingerprint density at radius 3 is 3.00 bits per heavy atom. The molecule has 1 saturated heterocycles. The van der Waals surface area contributed by atoms with Crippen LogP contribution in [0.4, 0.5) is 4.79 Å². The molecule has 0 saturated carbocycles. The Morgan fingerprint density at radius 2 is 2.33 bits per heavy atom. The molecule has 3 amide bonds. The average Bonchev–Trinajstić information content (AvgIpc) is 2.31. The van der Waals surface area contributed by atoms with Gasteiger partial charge in [-0.15, -0.1) is 0 Å². The van der Waals surface area contributed by atoms with Crippen molar-refractivity contribution in [3.05, 3.63) is 12.2 Å². The van der Waals surface area contributed by atoms with E-state index < -0.39 is 0 Å². The summed E-state index contributed by atoms with van der Waals surface area (Å²) in [5.41, 5.74) is 0.882. The zero-order valence-corrected chi connectivity index (χ0v) is 10.8. The molecule has 102 valence electrons. The molecule has 0 atom stereocenters. The second kappa shape index (κ2) is 7.71. The highest BCUT2D eigenvalue weighted by Crippen LogP contribution is 1.97. The standard InChI is InChI=1S/C12H21N3O3/c1-10(2)8-18-9-11(16)13-5-7-15-6-3-4-14-12(15)17/h1,3-9H2,2H3,(H,13,16)(H,14,17). The number of urea groups is 1. The second-order valence-electron chi connectivity index (χ2n) is 4.37. The third kappa shape index (κ3) is 5.67. The van der Waals surface area contributed by atoms with Crippen molar-refractivity contribution in [2.75, 3.05) is 39.4 Å². The van der Waals surface area contributed by atoms with Gasteiger partial charge in [-0.05, 0) is 13.3 Å². The molecule has 1 heterocycles. The molecule has 2 N–H and O–H groups in total. The van der Waals surface area contributed by atoms with E-state index in [0.29, 0.717) is 19.7 Å². The predicted molar refractivity (Wildman–Crippen MR) is 68.2 cm³/mol. The molecule has 1 aliphatic heterocycles. The highest BCUT2D eigenvalue weighted by Gasteiger charge is 2.16. The first kappa shape index (κ1) is 14.5. The summed E-state index contributed by atoms with van der Waals surface area (Å²) >= 11 is 0. The summed E-state index contributed by atoms with van der Waals surface area (Å²) in [6.45, 7) is 8.38. The van der Waals surface area contributed by atoms with Gasteiger partial charge in [-0.25, -0.2) is 4.79 Å². The van der Waals surface area contributed by atoms with Crippen LogP contribution in [0.2, 0.25) is 0 Å². The van der Waals surface area contributed by atoms with Crippen molar-refractivity contribution in [1.29, 1.82) is 0 Å². The van der Waals surface area contributed by atoms with Gasteiger partial charge in [-0.1, -0.05) is 12.2 Å². The highest BCUT2D eigenvalue weighted by atomic mass is 16.5. The fourth-order valence-electron chi connectivity index (χ4n) is 1.59. The molecule has 0 spiro atoms. The average molecular weight is 255 g/mol. The third-order valence-electron chi connectivity index (χ3n) is 2.45. The lowest BCUT2D eigenvalue weighted by molar-refractivity contribution is -0.125. The SMILES string of the molecule is C=C(C)COCC(=O)NCCN1CCCNC1=O. The van der Waals surface area contributed by atoms with Crippen LogP contribution in [0.25, 0.3) is 0 Å². The van der Waals surface area contributed by atoms with Gasteiger partial charge in [0.15, 0.2) is 0 Å². The van der Waals surface area contributed by atoms with Crippen molar-refractivity contribution >= 4 is 11.9 Å². The summed E-state index contributed by atoms with van der Waals surface area (Å²) in [6, 6.07) is -0.0611. The Morgan fingerprint density at radius 1 is 1.56 bits per heavy atom. The first-order valence-corrected chi connectivity index (χ1v) is 6.11. The highest BCUT2D eigenvalue weighted by molar-refractivity contribution is 5.77. The van der Waals surface area contributed by atoms with Gasteiger partial charge in [-0.3, -0.25) is 4.79 Å². The lowest BCUT2D eigenvalue weighted by atomic mass is 10.3. The van der Waals surface area contributed by atoms with Crippen molar-refractivity contribution in [3.63, 3.8) is 0 Å². The smallest absolute Gasteiger partial charge is 0.317 e. The molecule has 0 aromatic heterocycles. The Kier molecular flexibility index (Phi) is 6.21. The number of nitrogens with zero attached hydrogens (tertiary/aromatic N) is 1. The lowest BCUT2D eigenvalue weighted by Gasteiger charge is -2.27. The van der Waals surface area contributed by atoms with E-state index in [1.165, 1.54) is 0 Å². The van der Waals surface area contributed by atoms with Gasteiger partial charge >= 0.3 is 6.03 Å². The van der Waals surface area contributed by atoms with E-state index in [-0.39, 0.29) is 18.5 Å². The van der Waals surface area contributed by atoms with E-state index in [1.54, 1.807) is 4.90 Å². The first-order valence-electron chi connectivity index (χ1n) is 6.11. The third-order valence-corrected chi connectivity index (χ3v) is 2.45. The molecule has 1 rings (SSSR count). The van der Waals surface area contributed by atoms with Crippen molar-refractivity contribution in [2.24, 2.45) is 0 Å². The van der Waals surface area contributed by atoms with Crippen LogP contribution >= 0.6 is 0 Å². The van der Waals surface area contributed by atoms with Gasteiger partial charge in [0.25, 0.3) is 0 Å². The second-order valence-corrected chi connectivity index (χ2v) is 4.37. The molecule has 6 nitrogen and oxygen atoms in total. The Balaban J connectivity index is 2.07. The summed E-state index contributed by atoms with van der Waals surface area (Å²) in [5, 5.41) is 5.47. The van der Waals surface area contributed by atoms with Crippen molar-refractivity contribution in [2.45, 2.75) is 13.3 Å². The Hall–Kier alpha value is -1.56. The van der Waals surface area contributed by atoms with Crippen LogP contribution in [0.3, 0.4) is 0 Å². The van der Waals surface area contributed by atoms with E-state index in [2.05, 4.69) is 17.2 Å². The number of carbonyl (C=O) groups excluding carboxylic acids is 2. The van der Waals surface area contributed by atoms with Crippen LogP contribution in [0.15, 0.2) is 12.2 Å². The number of rotatable bonds is 7. The quantitative estimate of drug-likeness (QED) is 0.634. The minimum absolute atomic E-state index is 0.0268. The fourth-order valence-corrected chi connectivity index (χ4v) is 1.59. The normalized spacial score (nSPS) is 15.2. The monoisotopic (exact) mass is 255 g/mol. The van der Waals surface area contributed by atoms with Crippen LogP contribution < -0.4 is 10.6 Å². The number of hydrogen-bond donors (Lipinski definition) is 2. The molecule has 0 bridgehead atoms. The number of ether oxygens (including phenoxy) is 1. The van der Waals surface area contributed by atoms with Crippen LogP contribution in [-0.2, 0) is 9.53 Å². The maximum Gasteiger partial charge on any atom is 0.317 e. The van der Waals surface area contributed by atoms with Crippen LogP contribution in [0.5, 0.6) is 0 Å². The van der Waals surface area contributed by atoms with Gasteiger partial charge < -0.3 is 20.3 Å². The zero-order chi connectivity index (χ0) is 13.4. The van der Waals surface area contributed by atoms with E-state index in [1.807, 2.05) is 6.92 Å². The molecule has 1 aliphatic rings. The molecule has 0 aromatic rings. The van der Waals surface area contributed by atoms with Crippen molar-refractivity contribution < 1.29 is 14.3 Å². The van der Waals surface area contributed by atoms with E-state index in [0.717, 1.165) is 25.1 Å². The summed E-state index contributed by atoms with van der Waals surface area (Å²) in [6.07, 6.45) is 0.946. The van der Waals surface area contributed by atoms with E-state index in [9.17, 15) is 9.59 Å². The largest absolute Gasteiger partial charge is 0.367 e. The first-order chi connectivity index (χ1) is 8.59. The van der Waals surface area contributed by atoms with Crippen LogP contribution in [-0.4, -0.2) is 56.2 Å². The van der Waals surface area contributed by atoms with E-state index in [4.69, 9.17) is 4.74 Å². The molecular weight excluding hydrogens is 234 g/mol. The van der Waals surface area contributed by atoms with Gasteiger partial charge in [0, 0.05) is 26.2 Å². The minimum Gasteiger partial charge on any atom is -0.367 e. The van der Waals surface area contributed by atoms with Crippen molar-refractivity contribution in [3.8, 4) is 0 Å². The zero-order valence-electron chi connectivity index (χ0n) is 10.8. The molecule has 0 aliphatic carbocycles. The lowest BCUT2D eigenvalue weighted by Crippen LogP contribution is -2.49. The van der Waals surface area contributed by atoms with Crippen molar-refractivity contribution in [1.82, 2.24) is 15.5 Å². The number of hydrogen-bond acceptors (Lipinski definition) is 3. The molecular formula is C12H21N3O3. The number of carbonyl (C=O) groups is 2. The Labute approximate surface area is 107 Å². The molecule has 1 fully saturated rings. The predicted octanol–water partition coefficient (Wildman–Crippen LogP) is 0.111. The number of amides is 3.